The fraction of sp³-hybridized carbons (Fsp3) is 0.440. The minimum atomic E-state index is -0.438. The number of ether oxygens (including phenoxy) is 2. The summed E-state index contributed by atoms with van der Waals surface area (Å²) in [6.45, 7) is 1.66. The standard InChI is InChI=1S/C25H26FN5O4/c26-18-11-27-19-2-4-21(32)29-23(19)17(18)7-10-31(25-8-5-16(6-9-25)35-14-25)12-15-1-3-20-24(28-15)30-22(33)13-34-20/h1-4,11,16H,5-10,12-14H2,(H,29,32)(H,28,30,33). The van der Waals surface area contributed by atoms with E-state index in [0.717, 1.165) is 31.4 Å². The predicted octanol–water partition coefficient (Wildman–Crippen LogP) is 2.54. The Labute approximate surface area is 200 Å². The van der Waals surface area contributed by atoms with Crippen molar-refractivity contribution in [2.45, 2.75) is 50.3 Å². The quantitative estimate of drug-likeness (QED) is 0.559. The Morgan fingerprint density at radius 3 is 2.83 bits per heavy atom. The Kier molecular flexibility index (Phi) is 5.49. The van der Waals surface area contributed by atoms with Gasteiger partial charge in [0.25, 0.3) is 5.91 Å². The molecule has 10 heteroatoms. The zero-order chi connectivity index (χ0) is 24.0. The third-order valence-corrected chi connectivity index (χ3v) is 7.44. The molecule has 1 saturated carbocycles. The number of aromatic amines is 1. The molecule has 3 aromatic rings. The highest BCUT2D eigenvalue weighted by Crippen LogP contribution is 2.41. The van der Waals surface area contributed by atoms with E-state index in [0.29, 0.717) is 60.4 Å². The fourth-order valence-electron chi connectivity index (χ4n) is 5.51. The lowest BCUT2D eigenvalue weighted by Gasteiger charge is -2.52. The van der Waals surface area contributed by atoms with Gasteiger partial charge in [0.1, 0.15) is 5.82 Å². The summed E-state index contributed by atoms with van der Waals surface area (Å²) in [5.41, 5.74) is 1.76. The molecule has 0 spiro atoms. The number of pyridine rings is 3. The van der Waals surface area contributed by atoms with Crippen molar-refractivity contribution >= 4 is 22.8 Å². The van der Waals surface area contributed by atoms with Gasteiger partial charge in [-0.1, -0.05) is 0 Å². The van der Waals surface area contributed by atoms with Crippen LogP contribution in [0, 0.1) is 5.82 Å². The van der Waals surface area contributed by atoms with E-state index < -0.39 is 5.82 Å². The van der Waals surface area contributed by atoms with Gasteiger partial charge in [-0.15, -0.1) is 0 Å². The number of nitrogens with zero attached hydrogens (tertiary/aromatic N) is 3. The van der Waals surface area contributed by atoms with Crippen LogP contribution in [-0.4, -0.2) is 57.2 Å². The average Bonchev–Trinajstić information content (AvgIpc) is 2.88. The van der Waals surface area contributed by atoms with Crippen LogP contribution in [0.5, 0.6) is 5.75 Å². The number of aromatic nitrogens is 3. The molecular weight excluding hydrogens is 453 g/mol. The molecule has 6 heterocycles. The second-order valence-electron chi connectivity index (χ2n) is 9.56. The van der Waals surface area contributed by atoms with Crippen molar-refractivity contribution < 1.29 is 18.7 Å². The third-order valence-electron chi connectivity index (χ3n) is 7.44. The molecule has 3 fully saturated rings. The maximum absolute atomic E-state index is 14.9. The lowest BCUT2D eigenvalue weighted by Crippen LogP contribution is -2.59. The zero-order valence-corrected chi connectivity index (χ0v) is 19.2. The first-order valence-corrected chi connectivity index (χ1v) is 11.9. The van der Waals surface area contributed by atoms with Gasteiger partial charge in [-0.2, -0.15) is 0 Å². The number of hydrogen-bond acceptors (Lipinski definition) is 7. The number of hydrogen-bond donors (Lipinski definition) is 2. The summed E-state index contributed by atoms with van der Waals surface area (Å²) >= 11 is 0. The molecule has 182 valence electrons. The lowest BCUT2D eigenvalue weighted by molar-refractivity contribution is -0.138. The van der Waals surface area contributed by atoms with Crippen molar-refractivity contribution in [2.75, 3.05) is 25.1 Å². The highest BCUT2D eigenvalue weighted by molar-refractivity contribution is 5.94. The van der Waals surface area contributed by atoms with Gasteiger partial charge < -0.3 is 19.8 Å². The first kappa shape index (κ1) is 22.1. The number of amides is 1. The Hall–Kier alpha value is -3.37. The third kappa shape index (κ3) is 4.17. The van der Waals surface area contributed by atoms with Crippen LogP contribution in [0.25, 0.3) is 11.0 Å². The molecular formula is C25H26FN5O4. The molecule has 2 bridgehead atoms. The van der Waals surface area contributed by atoms with Crippen LogP contribution < -0.4 is 15.6 Å². The molecule has 35 heavy (non-hydrogen) atoms. The van der Waals surface area contributed by atoms with Crippen molar-refractivity contribution in [1.29, 1.82) is 0 Å². The zero-order valence-electron chi connectivity index (χ0n) is 19.2. The van der Waals surface area contributed by atoms with Gasteiger partial charge in [0.2, 0.25) is 5.56 Å². The molecule has 0 unspecified atom stereocenters. The summed E-state index contributed by atoms with van der Waals surface area (Å²) in [5, 5.41) is 2.77. The number of carbonyl (C=O) groups is 1. The van der Waals surface area contributed by atoms with Crippen LogP contribution in [0.3, 0.4) is 0 Å². The van der Waals surface area contributed by atoms with E-state index in [2.05, 4.69) is 25.2 Å². The highest BCUT2D eigenvalue weighted by atomic mass is 19.1. The minimum absolute atomic E-state index is 0.0185. The van der Waals surface area contributed by atoms with E-state index in [1.165, 1.54) is 12.3 Å². The molecule has 2 saturated heterocycles. The Morgan fingerprint density at radius 1 is 1.17 bits per heavy atom. The summed E-state index contributed by atoms with van der Waals surface area (Å²) in [5.74, 6) is 0.301. The van der Waals surface area contributed by atoms with Gasteiger partial charge in [0, 0.05) is 30.3 Å². The van der Waals surface area contributed by atoms with Crippen LogP contribution in [0.15, 0.2) is 35.3 Å². The number of nitrogens with one attached hydrogen (secondary N) is 2. The SMILES string of the molecule is O=C1COc2ccc(CN(CCc3c(F)cnc4ccc(=O)[nH]c34)C34CCC(CC3)OC4)nc2N1. The van der Waals surface area contributed by atoms with Crippen LogP contribution in [0.2, 0.25) is 0 Å². The number of carbonyl (C=O) groups excluding carboxylic acids is 1. The topological polar surface area (TPSA) is 109 Å². The monoisotopic (exact) mass is 479 g/mol. The van der Waals surface area contributed by atoms with E-state index >= 15 is 0 Å². The van der Waals surface area contributed by atoms with Crippen molar-refractivity contribution in [2.24, 2.45) is 0 Å². The lowest BCUT2D eigenvalue weighted by atomic mass is 9.76. The summed E-state index contributed by atoms with van der Waals surface area (Å²) in [4.78, 5) is 37.5. The molecule has 1 aliphatic carbocycles. The molecule has 7 rings (SSSR count). The van der Waals surface area contributed by atoms with Crippen molar-refractivity contribution in [1.82, 2.24) is 19.9 Å². The number of fused-ring (bicyclic) bond motifs is 5. The maximum Gasteiger partial charge on any atom is 0.263 e. The molecule has 2 N–H and O–H groups in total. The summed E-state index contributed by atoms with van der Waals surface area (Å²) < 4.78 is 26.4. The molecule has 4 aliphatic rings. The highest BCUT2D eigenvalue weighted by Gasteiger charge is 2.45. The normalized spacial score (nSPS) is 23.3. The molecule has 3 aliphatic heterocycles. The van der Waals surface area contributed by atoms with Gasteiger partial charge in [0.15, 0.2) is 18.2 Å². The smallest absolute Gasteiger partial charge is 0.263 e. The summed E-state index contributed by atoms with van der Waals surface area (Å²) in [7, 11) is 0. The predicted molar refractivity (Wildman–Crippen MR) is 126 cm³/mol. The van der Waals surface area contributed by atoms with E-state index in [1.54, 1.807) is 6.07 Å². The van der Waals surface area contributed by atoms with E-state index in [9.17, 15) is 14.0 Å². The average molecular weight is 480 g/mol. The summed E-state index contributed by atoms with van der Waals surface area (Å²) in [6, 6.07) is 6.72. The van der Waals surface area contributed by atoms with Crippen molar-refractivity contribution in [3.63, 3.8) is 0 Å². The van der Waals surface area contributed by atoms with Gasteiger partial charge in [-0.25, -0.2) is 9.37 Å². The first-order valence-electron chi connectivity index (χ1n) is 11.9. The Bertz CT molecular complexity index is 1340. The Morgan fingerprint density at radius 2 is 2.03 bits per heavy atom. The Balaban J connectivity index is 1.31. The minimum Gasteiger partial charge on any atom is -0.480 e. The molecule has 0 radical (unpaired) electrons. The number of halogens is 1. The fourth-order valence-corrected chi connectivity index (χ4v) is 5.51. The molecule has 0 atom stereocenters. The van der Waals surface area contributed by atoms with Crippen LogP contribution in [0.4, 0.5) is 10.2 Å². The second kappa shape index (κ2) is 8.69. The second-order valence-corrected chi connectivity index (χ2v) is 9.56. The molecule has 0 aromatic carbocycles. The van der Waals surface area contributed by atoms with E-state index in [-0.39, 0.29) is 23.6 Å². The maximum atomic E-state index is 14.9. The van der Waals surface area contributed by atoms with Gasteiger partial charge in [-0.3, -0.25) is 19.5 Å². The van der Waals surface area contributed by atoms with Gasteiger partial charge in [-0.05, 0) is 50.3 Å². The van der Waals surface area contributed by atoms with Crippen LogP contribution in [-0.2, 0) is 22.5 Å². The van der Waals surface area contributed by atoms with Crippen LogP contribution in [0.1, 0.15) is 36.9 Å². The first-order chi connectivity index (χ1) is 17.0. The van der Waals surface area contributed by atoms with Crippen molar-refractivity contribution in [3.05, 3.63) is 57.9 Å². The number of anilines is 1. The van der Waals surface area contributed by atoms with Crippen LogP contribution >= 0.6 is 0 Å². The largest absolute Gasteiger partial charge is 0.480 e. The van der Waals surface area contributed by atoms with E-state index in [4.69, 9.17) is 9.47 Å². The van der Waals surface area contributed by atoms with Gasteiger partial charge >= 0.3 is 0 Å². The van der Waals surface area contributed by atoms with E-state index in [1.807, 2.05) is 12.1 Å². The molecule has 9 nitrogen and oxygen atoms in total. The number of rotatable bonds is 6. The summed E-state index contributed by atoms with van der Waals surface area (Å²) in [6.07, 6.45) is 5.91. The molecule has 3 aromatic heterocycles. The molecule has 1 amide bonds. The van der Waals surface area contributed by atoms with Crippen molar-refractivity contribution in [3.8, 4) is 5.75 Å². The number of H-pyrrole nitrogens is 1. The van der Waals surface area contributed by atoms with Gasteiger partial charge in [0.05, 0.1) is 35.6 Å².